The molecule has 0 spiro atoms. The van der Waals surface area contributed by atoms with Crippen LogP contribution in [0.4, 0.5) is 0 Å². The van der Waals surface area contributed by atoms with Crippen molar-refractivity contribution >= 4 is 75.1 Å². The number of carbonyl (C=O) groups is 3. The molecule has 68 heavy (non-hydrogen) atoms. The third-order valence-electron chi connectivity index (χ3n) is 9.01. The highest BCUT2D eigenvalue weighted by atomic mass is 35.5. The Hall–Kier alpha value is -5.57. The number of amides is 1. The standard InChI is InChI=1S/C13H13ClN2.C13H10ClNO.C10H13NO2.C8H7ClO.C6H7N.CH4ClNO.CH3Cl/c14-12-4-2-1-3-11(12)13(15)9-10-5-7-16-8-6-10;14-12-4-2-1-3-11(12)13(16)9-10-5-7-15-8-6-10;1-8-6-4-5-7-9(8)10(12)11(2)13-3;1-6-4-2-3-5-7(6)8(9)10;1-6-2-4-7-5-3-6;1-4-3-2;1-2/h1-8,13H,9,15H2;1-8H,9H2;4-7H,1-3H3;2-5H,1H3;2-5H,1H3;3H,1H3;1H3. The van der Waals surface area contributed by atoms with E-state index in [2.05, 4.69) is 31.4 Å². The van der Waals surface area contributed by atoms with Gasteiger partial charge in [0, 0.05) is 96.6 Å². The summed E-state index contributed by atoms with van der Waals surface area (Å²) in [4.78, 5) is 56.7. The van der Waals surface area contributed by atoms with E-state index in [-0.39, 0.29) is 17.7 Å². The van der Waals surface area contributed by atoms with Crippen LogP contribution in [-0.4, -0.2) is 64.6 Å². The third kappa shape index (κ3) is 24.5. The van der Waals surface area contributed by atoms with Gasteiger partial charge in [-0.2, -0.15) is 0 Å². The van der Waals surface area contributed by atoms with E-state index in [0.29, 0.717) is 28.1 Å². The van der Waals surface area contributed by atoms with Crippen molar-refractivity contribution in [3.05, 3.63) is 231 Å². The number of nitrogens with zero attached hydrogens (tertiary/aromatic N) is 4. The van der Waals surface area contributed by atoms with Crippen molar-refractivity contribution in [2.24, 2.45) is 5.73 Å². The number of carbonyl (C=O) groups excluding carboxylic acids is 3. The summed E-state index contributed by atoms with van der Waals surface area (Å²) in [6, 6.07) is 40.9. The number of pyridine rings is 3. The van der Waals surface area contributed by atoms with E-state index in [9.17, 15) is 14.4 Å². The summed E-state index contributed by atoms with van der Waals surface area (Å²) in [6.45, 7) is 5.80. The largest absolute Gasteiger partial charge is 0.324 e. The topological polar surface area (TPSA) is 150 Å². The number of halogens is 5. The van der Waals surface area contributed by atoms with Gasteiger partial charge in [-0.15, -0.1) is 16.6 Å². The van der Waals surface area contributed by atoms with Crippen molar-refractivity contribution in [2.45, 2.75) is 39.7 Å². The van der Waals surface area contributed by atoms with E-state index < -0.39 is 5.24 Å². The van der Waals surface area contributed by atoms with Gasteiger partial charge in [-0.1, -0.05) is 89.9 Å². The molecular weight excluding hydrogens is 966 g/mol. The molecule has 3 heterocycles. The van der Waals surface area contributed by atoms with Gasteiger partial charge in [0.2, 0.25) is 0 Å². The number of hydrogen-bond donors (Lipinski definition) is 2. The predicted molar refractivity (Wildman–Crippen MR) is 278 cm³/mol. The van der Waals surface area contributed by atoms with Crippen molar-refractivity contribution in [2.75, 3.05) is 27.7 Å². The lowest BCUT2D eigenvalue weighted by molar-refractivity contribution is -0.0757. The Balaban J connectivity index is 0.000000421. The molecule has 1 amide bonds. The molecule has 4 aromatic carbocycles. The number of nitrogens with two attached hydrogens (primary N) is 1. The number of aryl methyl sites for hydroxylation is 3. The highest BCUT2D eigenvalue weighted by Gasteiger charge is 2.13. The number of aromatic nitrogens is 3. The lowest BCUT2D eigenvalue weighted by Gasteiger charge is -2.14. The highest BCUT2D eigenvalue weighted by molar-refractivity contribution is 6.67. The molecule has 3 N–H and O–H groups in total. The van der Waals surface area contributed by atoms with Gasteiger partial charge in [0.25, 0.3) is 11.1 Å². The van der Waals surface area contributed by atoms with Crippen LogP contribution in [0, 0.1) is 20.8 Å². The second-order valence-electron chi connectivity index (χ2n) is 13.8. The van der Waals surface area contributed by atoms with E-state index in [4.69, 9.17) is 57.2 Å². The molecule has 0 radical (unpaired) electrons. The number of ketones is 1. The van der Waals surface area contributed by atoms with Crippen molar-refractivity contribution in [1.82, 2.24) is 25.0 Å². The van der Waals surface area contributed by atoms with Gasteiger partial charge >= 0.3 is 0 Å². The maximum Gasteiger partial charge on any atom is 0.277 e. The Morgan fingerprint density at radius 1 is 0.618 bits per heavy atom. The molecule has 0 saturated carbocycles. The molecule has 0 aliphatic heterocycles. The first-order valence-electron chi connectivity index (χ1n) is 20.6. The lowest BCUT2D eigenvalue weighted by Crippen LogP contribution is -2.25. The Labute approximate surface area is 425 Å². The van der Waals surface area contributed by atoms with Crippen molar-refractivity contribution in [3.63, 3.8) is 0 Å². The predicted octanol–water partition coefficient (Wildman–Crippen LogP) is 12.7. The number of hydroxylamine groups is 2. The SMILES string of the molecule is CCl.CON(C)C(=O)c1ccccc1C.CONCl.Cc1ccccc1C(=O)Cl.Cc1ccncc1.NC(Cc1ccncc1)c1ccccc1Cl.O=C(Cc1ccncc1)c1ccccc1Cl. The van der Waals surface area contributed by atoms with Crippen molar-refractivity contribution < 1.29 is 24.1 Å². The van der Waals surface area contributed by atoms with Crippen molar-refractivity contribution in [3.8, 4) is 0 Å². The fourth-order valence-electron chi connectivity index (χ4n) is 5.41. The van der Waals surface area contributed by atoms with Crippen LogP contribution in [0.1, 0.15) is 70.5 Å². The average Bonchev–Trinajstić information content (AvgIpc) is 3.36. The van der Waals surface area contributed by atoms with Crippen LogP contribution in [0.25, 0.3) is 0 Å². The summed E-state index contributed by atoms with van der Waals surface area (Å²) >= 11 is 26.7. The van der Waals surface area contributed by atoms with E-state index in [1.165, 1.54) is 36.8 Å². The molecule has 7 aromatic rings. The Kier molecular flexibility index (Phi) is 32.4. The summed E-state index contributed by atoms with van der Waals surface area (Å²) in [5.41, 5.74) is 14.2. The summed E-state index contributed by atoms with van der Waals surface area (Å²) in [5, 5.41) is 2.05. The quantitative estimate of drug-likeness (QED) is 0.0446. The second kappa shape index (κ2) is 36.5. The van der Waals surface area contributed by atoms with Crippen molar-refractivity contribution in [1.29, 1.82) is 0 Å². The first-order chi connectivity index (χ1) is 32.7. The molecule has 7 rings (SSSR count). The summed E-state index contributed by atoms with van der Waals surface area (Å²) in [7, 11) is 4.50. The van der Waals surface area contributed by atoms with Gasteiger partial charge < -0.3 is 5.73 Å². The molecule has 0 aliphatic rings. The van der Waals surface area contributed by atoms with Gasteiger partial charge in [0.05, 0.1) is 19.2 Å². The molecule has 0 bridgehead atoms. The number of nitrogens with one attached hydrogen (secondary N) is 1. The maximum absolute atomic E-state index is 11.9. The normalized spacial score (nSPS) is 9.96. The Morgan fingerprint density at radius 3 is 1.43 bits per heavy atom. The zero-order valence-corrected chi connectivity index (χ0v) is 42.7. The van der Waals surface area contributed by atoms with Crippen LogP contribution in [-0.2, 0) is 22.5 Å². The Bertz CT molecular complexity index is 2470. The van der Waals surface area contributed by atoms with E-state index in [0.717, 1.165) is 33.7 Å². The molecule has 0 aliphatic carbocycles. The maximum atomic E-state index is 11.9. The van der Waals surface area contributed by atoms with Gasteiger partial charge in [-0.25, -0.2) is 5.06 Å². The van der Waals surface area contributed by atoms with E-state index in [1.807, 2.05) is 129 Å². The Morgan fingerprint density at radius 2 is 1.03 bits per heavy atom. The molecule has 0 fully saturated rings. The zero-order valence-electron chi connectivity index (χ0n) is 39.0. The summed E-state index contributed by atoms with van der Waals surface area (Å²) in [5.74, 6) is -0.0996. The lowest BCUT2D eigenvalue weighted by atomic mass is 10.0. The average molecular weight is 1020 g/mol. The number of benzene rings is 4. The van der Waals surface area contributed by atoms with Crippen LogP contribution in [0.15, 0.2) is 171 Å². The third-order valence-corrected chi connectivity index (χ3v) is 10.0. The van der Waals surface area contributed by atoms with Gasteiger partial charge in [0.1, 0.15) is 0 Å². The van der Waals surface area contributed by atoms with Crippen LogP contribution in [0.5, 0.6) is 0 Å². The minimum Gasteiger partial charge on any atom is -0.324 e. The molecule has 360 valence electrons. The van der Waals surface area contributed by atoms with Crippen LogP contribution >= 0.6 is 58.2 Å². The molecule has 16 heteroatoms. The summed E-state index contributed by atoms with van der Waals surface area (Å²) in [6.07, 6.45) is 13.1. The number of rotatable bonds is 10. The molecule has 1 unspecified atom stereocenters. The highest BCUT2D eigenvalue weighted by Crippen LogP contribution is 2.23. The van der Waals surface area contributed by atoms with Crippen LogP contribution in [0.2, 0.25) is 10.0 Å². The first kappa shape index (κ1) is 60.4. The zero-order chi connectivity index (χ0) is 50.7. The molecule has 1 atom stereocenters. The van der Waals surface area contributed by atoms with Gasteiger partial charge in [0.15, 0.2) is 5.78 Å². The molecule has 3 aromatic heterocycles. The molecule has 11 nitrogen and oxygen atoms in total. The second-order valence-corrected chi connectivity index (χ2v) is 15.1. The minimum atomic E-state index is -0.391. The van der Waals surface area contributed by atoms with E-state index >= 15 is 0 Å². The molecular formula is C52H57Cl5N6O5. The van der Waals surface area contributed by atoms with Gasteiger partial charge in [-0.05, 0) is 139 Å². The smallest absolute Gasteiger partial charge is 0.277 e. The van der Waals surface area contributed by atoms with Crippen LogP contribution in [0.3, 0.4) is 0 Å². The fraction of sp³-hybridized carbons (Fsp3) is 0.192. The first-order valence-corrected chi connectivity index (χ1v) is 22.8. The van der Waals surface area contributed by atoms with E-state index in [1.54, 1.807) is 74.6 Å². The fourth-order valence-corrected chi connectivity index (χ4v) is 6.14. The summed E-state index contributed by atoms with van der Waals surface area (Å²) < 4.78 is 0. The number of Topliss-reactive ketones (excluding diaryl/α,β-unsaturated/α-hetero) is 1. The monoisotopic (exact) mass is 1020 g/mol. The number of hydrogen-bond acceptors (Lipinski definition) is 10. The van der Waals surface area contributed by atoms with Gasteiger partial charge in [-0.3, -0.25) is 39.0 Å². The molecule has 0 saturated heterocycles. The number of alkyl halides is 1. The minimum absolute atomic E-state index is 0.0248. The van der Waals surface area contributed by atoms with Crippen LogP contribution < -0.4 is 10.7 Å².